The maximum atomic E-state index is 11.9. The van der Waals surface area contributed by atoms with Gasteiger partial charge in [0, 0.05) is 19.2 Å². The quantitative estimate of drug-likeness (QED) is 0.791. The molecule has 1 fully saturated rings. The molecule has 98 valence electrons. The molecular formula is C14H14N2O3. The number of amides is 2. The van der Waals surface area contributed by atoms with Crippen molar-refractivity contribution in [1.82, 2.24) is 5.32 Å². The number of hydrogen-bond donors (Lipinski definition) is 1. The lowest BCUT2D eigenvalue weighted by Gasteiger charge is -2.22. The first-order valence-electron chi connectivity index (χ1n) is 6.25. The zero-order valence-electron chi connectivity index (χ0n) is 10.6. The lowest BCUT2D eigenvalue weighted by atomic mass is 9.87. The van der Waals surface area contributed by atoms with E-state index in [1.54, 1.807) is 11.9 Å². The van der Waals surface area contributed by atoms with Crippen molar-refractivity contribution in [3.05, 3.63) is 29.3 Å². The minimum Gasteiger partial charge on any atom is -0.349 e. The fraction of sp³-hybridized carbons (Fsp3) is 0.357. The molecule has 3 rings (SSSR count). The third kappa shape index (κ3) is 1.91. The Bertz CT molecular complexity index is 594. The van der Waals surface area contributed by atoms with Crippen molar-refractivity contribution in [2.45, 2.75) is 18.8 Å². The first-order chi connectivity index (χ1) is 9.06. The summed E-state index contributed by atoms with van der Waals surface area (Å²) in [6.07, 6.45) is 0.564. The smallest absolute Gasteiger partial charge is 0.231 e. The Kier molecular flexibility index (Phi) is 2.62. The van der Waals surface area contributed by atoms with Crippen molar-refractivity contribution < 1.29 is 14.4 Å². The highest BCUT2D eigenvalue weighted by Gasteiger charge is 2.30. The van der Waals surface area contributed by atoms with Crippen LogP contribution in [0.5, 0.6) is 0 Å². The highest BCUT2D eigenvalue weighted by molar-refractivity contribution is 6.02. The molecule has 0 spiro atoms. The lowest BCUT2D eigenvalue weighted by Crippen LogP contribution is -2.39. The predicted molar refractivity (Wildman–Crippen MR) is 68.9 cm³/mol. The van der Waals surface area contributed by atoms with Crippen LogP contribution >= 0.6 is 0 Å². The van der Waals surface area contributed by atoms with E-state index in [-0.39, 0.29) is 36.5 Å². The van der Waals surface area contributed by atoms with Crippen molar-refractivity contribution in [1.29, 1.82) is 0 Å². The fourth-order valence-electron chi connectivity index (χ4n) is 2.69. The second kappa shape index (κ2) is 4.19. The van der Waals surface area contributed by atoms with Gasteiger partial charge in [0.2, 0.25) is 11.8 Å². The topological polar surface area (TPSA) is 66.5 Å². The number of rotatable bonds is 1. The molecule has 1 saturated heterocycles. The summed E-state index contributed by atoms with van der Waals surface area (Å²) < 4.78 is 0. The van der Waals surface area contributed by atoms with Crippen LogP contribution in [0, 0.1) is 0 Å². The number of nitrogens with zero attached hydrogens (tertiary/aromatic N) is 1. The minimum atomic E-state index is -0.375. The predicted octanol–water partition coefficient (Wildman–Crippen LogP) is 0.378. The maximum absolute atomic E-state index is 11.9. The van der Waals surface area contributed by atoms with Gasteiger partial charge in [-0.2, -0.15) is 0 Å². The van der Waals surface area contributed by atoms with E-state index in [1.807, 2.05) is 18.2 Å². The number of hydrogen-bond acceptors (Lipinski definition) is 3. The van der Waals surface area contributed by atoms with E-state index in [1.165, 1.54) is 0 Å². The van der Waals surface area contributed by atoms with Crippen LogP contribution in [0.25, 0.3) is 0 Å². The zero-order chi connectivity index (χ0) is 13.6. The monoisotopic (exact) mass is 258 g/mol. The number of anilines is 1. The third-order valence-electron chi connectivity index (χ3n) is 3.82. The van der Waals surface area contributed by atoms with E-state index in [9.17, 15) is 14.4 Å². The second-order valence-corrected chi connectivity index (χ2v) is 5.02. The van der Waals surface area contributed by atoms with E-state index in [0.29, 0.717) is 6.42 Å². The molecule has 5 heteroatoms. The van der Waals surface area contributed by atoms with Crippen molar-refractivity contribution in [3.8, 4) is 0 Å². The Morgan fingerprint density at radius 3 is 2.84 bits per heavy atom. The molecular weight excluding hydrogens is 244 g/mol. The highest BCUT2D eigenvalue weighted by atomic mass is 16.2. The molecule has 0 saturated carbocycles. The number of carbonyl (C=O) groups excluding carboxylic acids is 3. The van der Waals surface area contributed by atoms with Gasteiger partial charge < -0.3 is 10.2 Å². The number of Topliss-reactive ketones (excluding diaryl/α,β-unsaturated/α-hetero) is 1. The number of likely N-dealkylation sites (N-methyl/N-ethyl adjacent to an activating group) is 1. The van der Waals surface area contributed by atoms with Crippen molar-refractivity contribution >= 4 is 23.3 Å². The molecule has 2 heterocycles. The molecule has 5 nitrogen and oxygen atoms in total. The van der Waals surface area contributed by atoms with Gasteiger partial charge in [0.15, 0.2) is 5.78 Å². The maximum Gasteiger partial charge on any atom is 0.231 e. The van der Waals surface area contributed by atoms with Crippen LogP contribution in [0.3, 0.4) is 0 Å². The molecule has 1 aromatic carbocycles. The molecule has 1 unspecified atom stereocenters. The lowest BCUT2D eigenvalue weighted by molar-refractivity contribution is -0.131. The Hall–Kier alpha value is -2.17. The van der Waals surface area contributed by atoms with E-state index < -0.39 is 0 Å². The van der Waals surface area contributed by atoms with Gasteiger partial charge in [-0.3, -0.25) is 14.4 Å². The average Bonchev–Trinajstić information content (AvgIpc) is 2.67. The molecule has 2 aliphatic heterocycles. The molecule has 0 aromatic heterocycles. The Labute approximate surface area is 110 Å². The summed E-state index contributed by atoms with van der Waals surface area (Å²) in [6.45, 7) is 0.0966. The van der Waals surface area contributed by atoms with Gasteiger partial charge in [0.1, 0.15) is 0 Å². The van der Waals surface area contributed by atoms with Gasteiger partial charge in [-0.25, -0.2) is 0 Å². The molecule has 0 bridgehead atoms. The van der Waals surface area contributed by atoms with Crippen LogP contribution in [0.15, 0.2) is 18.2 Å². The van der Waals surface area contributed by atoms with Crippen LogP contribution in [-0.4, -0.2) is 31.2 Å². The first kappa shape index (κ1) is 11.9. The van der Waals surface area contributed by atoms with Crippen molar-refractivity contribution in [3.63, 3.8) is 0 Å². The van der Waals surface area contributed by atoms with Crippen molar-refractivity contribution in [2.75, 3.05) is 18.5 Å². The Morgan fingerprint density at radius 2 is 2.05 bits per heavy atom. The molecule has 2 amide bonds. The number of nitrogens with one attached hydrogen (secondary N) is 1. The van der Waals surface area contributed by atoms with Crippen LogP contribution in [-0.2, 0) is 20.8 Å². The van der Waals surface area contributed by atoms with E-state index >= 15 is 0 Å². The summed E-state index contributed by atoms with van der Waals surface area (Å²) in [5.74, 6) is -0.393. The SMILES string of the molecule is CN1C(=O)Cc2cc(C3CC(=O)NCC3=O)ccc21. The minimum absolute atomic E-state index is 0.0252. The number of fused-ring (bicyclic) bond motifs is 1. The van der Waals surface area contributed by atoms with Crippen LogP contribution in [0.2, 0.25) is 0 Å². The summed E-state index contributed by atoms with van der Waals surface area (Å²) in [5.41, 5.74) is 2.66. The van der Waals surface area contributed by atoms with Gasteiger partial charge in [0.25, 0.3) is 0 Å². The molecule has 2 aliphatic rings. The number of ketones is 1. The fourth-order valence-corrected chi connectivity index (χ4v) is 2.69. The molecule has 1 atom stereocenters. The normalized spacial score (nSPS) is 22.5. The number of piperidine rings is 1. The van der Waals surface area contributed by atoms with Gasteiger partial charge in [-0.1, -0.05) is 12.1 Å². The zero-order valence-corrected chi connectivity index (χ0v) is 10.6. The second-order valence-electron chi connectivity index (χ2n) is 5.02. The average molecular weight is 258 g/mol. The Morgan fingerprint density at radius 1 is 1.26 bits per heavy atom. The van der Waals surface area contributed by atoms with Crippen LogP contribution < -0.4 is 10.2 Å². The van der Waals surface area contributed by atoms with Gasteiger partial charge in [-0.15, -0.1) is 0 Å². The molecule has 19 heavy (non-hydrogen) atoms. The summed E-state index contributed by atoms with van der Waals surface area (Å²) in [6, 6.07) is 5.59. The van der Waals surface area contributed by atoms with Gasteiger partial charge in [-0.05, 0) is 17.2 Å². The van der Waals surface area contributed by atoms with E-state index in [4.69, 9.17) is 0 Å². The van der Waals surface area contributed by atoms with E-state index in [0.717, 1.165) is 16.8 Å². The molecule has 1 N–H and O–H groups in total. The third-order valence-corrected chi connectivity index (χ3v) is 3.82. The Balaban J connectivity index is 1.95. The summed E-state index contributed by atoms with van der Waals surface area (Å²) >= 11 is 0. The van der Waals surface area contributed by atoms with E-state index in [2.05, 4.69) is 5.32 Å². The highest BCUT2D eigenvalue weighted by Crippen LogP contribution is 2.32. The van der Waals surface area contributed by atoms with Gasteiger partial charge in [0.05, 0.1) is 18.9 Å². The number of carbonyl (C=O) groups is 3. The first-order valence-corrected chi connectivity index (χ1v) is 6.25. The molecule has 0 radical (unpaired) electrons. The standard InChI is InChI=1S/C14H14N2O3/c1-16-11-3-2-8(4-9(11)5-14(16)19)10-6-13(18)15-7-12(10)17/h2-4,10H,5-7H2,1H3,(H,15,18). The van der Waals surface area contributed by atoms with Crippen LogP contribution in [0.1, 0.15) is 23.5 Å². The summed E-state index contributed by atoms with van der Waals surface area (Å²) in [4.78, 5) is 36.5. The van der Waals surface area contributed by atoms with Crippen LogP contribution in [0.4, 0.5) is 5.69 Å². The molecule has 0 aliphatic carbocycles. The summed E-state index contributed by atoms with van der Waals surface area (Å²) in [5, 5.41) is 2.55. The molecule has 1 aromatic rings. The summed E-state index contributed by atoms with van der Waals surface area (Å²) in [7, 11) is 1.74. The number of benzene rings is 1. The van der Waals surface area contributed by atoms with Crippen molar-refractivity contribution in [2.24, 2.45) is 0 Å². The largest absolute Gasteiger partial charge is 0.349 e. The van der Waals surface area contributed by atoms with Gasteiger partial charge >= 0.3 is 0 Å².